The molecule has 1 aliphatic heterocycles. The standard InChI is InChI=1S/C22H24O10/c1-11(23)30-10-17-18(27)19(28)20(29)22(31-17)32-21-13(8-15(25)9-16(21)26)5-2-12-3-6-14(24)7-4-12/h2-9,17-20,22,24-29H,10H2,1H3/b5-2+/t17-,18-,19+,20-,22+/m1/s1. The van der Waals surface area contributed by atoms with Crippen molar-refractivity contribution >= 4 is 18.1 Å². The van der Waals surface area contributed by atoms with Crippen molar-refractivity contribution in [3.8, 4) is 23.0 Å². The van der Waals surface area contributed by atoms with Crippen LogP contribution in [0.1, 0.15) is 18.1 Å². The van der Waals surface area contributed by atoms with E-state index in [1.165, 1.54) is 24.3 Å². The zero-order valence-corrected chi connectivity index (χ0v) is 17.0. The minimum atomic E-state index is -1.69. The molecule has 0 saturated carbocycles. The zero-order chi connectivity index (χ0) is 23.4. The first-order valence-electron chi connectivity index (χ1n) is 9.68. The van der Waals surface area contributed by atoms with Crippen LogP contribution in [0.4, 0.5) is 0 Å². The number of aliphatic hydroxyl groups is 3. The molecule has 2 aromatic rings. The molecule has 0 aliphatic carbocycles. The van der Waals surface area contributed by atoms with Gasteiger partial charge in [0.2, 0.25) is 6.29 Å². The molecule has 10 nitrogen and oxygen atoms in total. The monoisotopic (exact) mass is 448 g/mol. The lowest BCUT2D eigenvalue weighted by molar-refractivity contribution is -0.278. The van der Waals surface area contributed by atoms with Crippen LogP contribution in [0, 0.1) is 0 Å². The topological polar surface area (TPSA) is 166 Å². The Hall–Kier alpha value is -3.31. The van der Waals surface area contributed by atoms with Gasteiger partial charge in [0, 0.05) is 18.6 Å². The van der Waals surface area contributed by atoms with E-state index in [9.17, 15) is 35.4 Å². The van der Waals surface area contributed by atoms with E-state index in [-0.39, 0.29) is 22.8 Å². The van der Waals surface area contributed by atoms with Gasteiger partial charge in [0.25, 0.3) is 0 Å². The number of aromatic hydroxyl groups is 3. The fraction of sp³-hybridized carbons (Fsp3) is 0.318. The molecule has 0 spiro atoms. The Morgan fingerprint density at radius 2 is 1.66 bits per heavy atom. The minimum absolute atomic E-state index is 0.0914. The van der Waals surface area contributed by atoms with E-state index in [2.05, 4.69) is 0 Å². The van der Waals surface area contributed by atoms with E-state index in [1.807, 2.05) is 0 Å². The summed E-state index contributed by atoms with van der Waals surface area (Å²) in [6.07, 6.45) is -4.52. The van der Waals surface area contributed by atoms with Crippen LogP contribution in [0.5, 0.6) is 23.0 Å². The second kappa shape index (κ2) is 9.88. The predicted molar refractivity (Wildman–Crippen MR) is 111 cm³/mol. The van der Waals surface area contributed by atoms with Crippen molar-refractivity contribution in [2.75, 3.05) is 6.61 Å². The molecule has 3 rings (SSSR count). The number of hydrogen-bond acceptors (Lipinski definition) is 10. The van der Waals surface area contributed by atoms with Crippen LogP contribution in [-0.4, -0.2) is 73.9 Å². The largest absolute Gasteiger partial charge is 0.508 e. The summed E-state index contributed by atoms with van der Waals surface area (Å²) in [5, 5.41) is 60.1. The first-order valence-corrected chi connectivity index (χ1v) is 9.68. The van der Waals surface area contributed by atoms with E-state index in [4.69, 9.17) is 14.2 Å². The van der Waals surface area contributed by atoms with Gasteiger partial charge >= 0.3 is 5.97 Å². The third-order valence-electron chi connectivity index (χ3n) is 4.78. The molecule has 2 aromatic carbocycles. The van der Waals surface area contributed by atoms with Gasteiger partial charge in [0.1, 0.15) is 42.5 Å². The van der Waals surface area contributed by atoms with Crippen molar-refractivity contribution in [1.82, 2.24) is 0 Å². The van der Waals surface area contributed by atoms with Gasteiger partial charge in [-0.05, 0) is 23.8 Å². The maximum Gasteiger partial charge on any atom is 0.302 e. The molecular formula is C22H24O10. The van der Waals surface area contributed by atoms with Crippen LogP contribution in [0.3, 0.4) is 0 Å². The van der Waals surface area contributed by atoms with E-state index < -0.39 is 49.0 Å². The van der Waals surface area contributed by atoms with E-state index in [0.29, 0.717) is 5.56 Å². The molecule has 172 valence electrons. The number of rotatable bonds is 6. The average molecular weight is 448 g/mol. The normalized spacial score (nSPS) is 25.6. The quantitative estimate of drug-likeness (QED) is 0.274. The van der Waals surface area contributed by atoms with E-state index in [1.54, 1.807) is 18.2 Å². The first-order chi connectivity index (χ1) is 15.2. The number of carbonyl (C=O) groups excluding carboxylic acids is 1. The number of ether oxygens (including phenoxy) is 3. The zero-order valence-electron chi connectivity index (χ0n) is 17.0. The Labute approximate surface area is 183 Å². The molecule has 1 aliphatic rings. The Morgan fingerprint density at radius 3 is 2.31 bits per heavy atom. The summed E-state index contributed by atoms with van der Waals surface area (Å²) in [5.41, 5.74) is 0.911. The molecule has 5 atom stereocenters. The van der Waals surface area contributed by atoms with E-state index in [0.717, 1.165) is 13.0 Å². The molecule has 0 unspecified atom stereocenters. The van der Waals surface area contributed by atoms with Gasteiger partial charge in [-0.2, -0.15) is 0 Å². The highest BCUT2D eigenvalue weighted by atomic mass is 16.7. The van der Waals surface area contributed by atoms with Crippen molar-refractivity contribution in [2.45, 2.75) is 37.6 Å². The van der Waals surface area contributed by atoms with Crippen LogP contribution in [0.15, 0.2) is 36.4 Å². The third kappa shape index (κ3) is 5.48. The predicted octanol–water partition coefficient (Wildman–Crippen LogP) is 0.723. The molecule has 0 aromatic heterocycles. The second-order valence-electron chi connectivity index (χ2n) is 7.24. The highest BCUT2D eigenvalue weighted by Gasteiger charge is 2.45. The van der Waals surface area contributed by atoms with Crippen molar-refractivity contribution in [2.24, 2.45) is 0 Å². The van der Waals surface area contributed by atoms with Crippen LogP contribution in [-0.2, 0) is 14.3 Å². The molecule has 6 N–H and O–H groups in total. The summed E-state index contributed by atoms with van der Waals surface area (Å²) in [7, 11) is 0. The van der Waals surface area contributed by atoms with Gasteiger partial charge < -0.3 is 44.8 Å². The van der Waals surface area contributed by atoms with Crippen molar-refractivity contribution < 1.29 is 49.6 Å². The Kier molecular flexibility index (Phi) is 7.21. The Balaban J connectivity index is 1.86. The minimum Gasteiger partial charge on any atom is -0.508 e. The molecule has 10 heteroatoms. The molecule has 1 saturated heterocycles. The number of phenolic OH excluding ortho intramolecular Hbond substituents is 3. The van der Waals surface area contributed by atoms with Gasteiger partial charge in [-0.25, -0.2) is 0 Å². The van der Waals surface area contributed by atoms with Crippen LogP contribution >= 0.6 is 0 Å². The lowest BCUT2D eigenvalue weighted by Gasteiger charge is -2.40. The van der Waals surface area contributed by atoms with Crippen molar-refractivity contribution in [1.29, 1.82) is 0 Å². The summed E-state index contributed by atoms with van der Waals surface area (Å²) >= 11 is 0. The Bertz CT molecular complexity index is 971. The van der Waals surface area contributed by atoms with Gasteiger partial charge in [0.05, 0.1) is 0 Å². The highest BCUT2D eigenvalue weighted by molar-refractivity contribution is 5.75. The molecule has 0 amide bonds. The summed E-state index contributed by atoms with van der Waals surface area (Å²) in [5.74, 6) is -1.43. The molecule has 0 radical (unpaired) electrons. The third-order valence-corrected chi connectivity index (χ3v) is 4.78. The first kappa shape index (κ1) is 23.4. The Morgan fingerprint density at radius 1 is 0.969 bits per heavy atom. The fourth-order valence-corrected chi connectivity index (χ4v) is 3.11. The number of hydrogen-bond donors (Lipinski definition) is 6. The summed E-state index contributed by atoms with van der Waals surface area (Å²) in [4.78, 5) is 11.1. The number of aliphatic hydroxyl groups excluding tert-OH is 3. The molecule has 1 fully saturated rings. The molecule has 1 heterocycles. The molecular weight excluding hydrogens is 424 g/mol. The summed E-state index contributed by atoms with van der Waals surface area (Å²) in [6.45, 7) is 0.769. The molecule has 0 bridgehead atoms. The lowest BCUT2D eigenvalue weighted by Crippen LogP contribution is -2.60. The number of esters is 1. The summed E-state index contributed by atoms with van der Waals surface area (Å²) < 4.78 is 15.9. The maximum atomic E-state index is 11.1. The van der Waals surface area contributed by atoms with Crippen molar-refractivity contribution in [3.63, 3.8) is 0 Å². The number of carbonyl (C=O) groups is 1. The maximum absolute atomic E-state index is 11.1. The van der Waals surface area contributed by atoms with Crippen LogP contribution < -0.4 is 4.74 Å². The fourth-order valence-electron chi connectivity index (χ4n) is 3.11. The summed E-state index contributed by atoms with van der Waals surface area (Å²) in [6, 6.07) is 8.56. The highest BCUT2D eigenvalue weighted by Crippen LogP contribution is 2.38. The van der Waals surface area contributed by atoms with Gasteiger partial charge in [-0.3, -0.25) is 4.79 Å². The SMILES string of the molecule is CC(=O)OC[C@H]1O[C@@H](Oc2c(O)cc(O)cc2/C=C/c2ccc(O)cc2)[C@H](O)[C@@H](O)[C@@H]1O. The van der Waals surface area contributed by atoms with Crippen molar-refractivity contribution in [3.05, 3.63) is 47.5 Å². The lowest BCUT2D eigenvalue weighted by atomic mass is 9.99. The average Bonchev–Trinajstić information content (AvgIpc) is 2.74. The second-order valence-corrected chi connectivity index (χ2v) is 7.24. The number of benzene rings is 2. The number of phenols is 3. The van der Waals surface area contributed by atoms with Crippen LogP contribution in [0.2, 0.25) is 0 Å². The molecule has 32 heavy (non-hydrogen) atoms. The van der Waals surface area contributed by atoms with Gasteiger partial charge in [-0.15, -0.1) is 0 Å². The van der Waals surface area contributed by atoms with Gasteiger partial charge in [0.15, 0.2) is 11.5 Å². The van der Waals surface area contributed by atoms with Gasteiger partial charge in [-0.1, -0.05) is 24.3 Å². The van der Waals surface area contributed by atoms with E-state index >= 15 is 0 Å². The smallest absolute Gasteiger partial charge is 0.302 e. The van der Waals surface area contributed by atoms with Crippen LogP contribution in [0.25, 0.3) is 12.2 Å².